The zero-order valence-electron chi connectivity index (χ0n) is 15.0. The van der Waals surface area contributed by atoms with E-state index < -0.39 is 9.84 Å². The molecule has 8 nitrogen and oxygen atoms in total. The Bertz CT molecular complexity index is 811. The van der Waals surface area contributed by atoms with Gasteiger partial charge in [-0.05, 0) is 31.5 Å². The largest absolute Gasteiger partial charge is 0.326 e. The van der Waals surface area contributed by atoms with Gasteiger partial charge in [0.25, 0.3) is 0 Å². The van der Waals surface area contributed by atoms with Crippen molar-refractivity contribution in [3.05, 3.63) is 24.3 Å². The van der Waals surface area contributed by atoms with Gasteiger partial charge in [0, 0.05) is 44.1 Å². The summed E-state index contributed by atoms with van der Waals surface area (Å²) < 4.78 is 23.4. The number of hydrogen-bond acceptors (Lipinski definition) is 4. The molecule has 2 aliphatic rings. The Morgan fingerprint density at radius 3 is 2.69 bits per heavy atom. The number of carbonyl (C=O) groups excluding carboxylic acids is 2. The van der Waals surface area contributed by atoms with Crippen LogP contribution < -0.4 is 10.2 Å². The van der Waals surface area contributed by atoms with Crippen molar-refractivity contribution in [3.63, 3.8) is 0 Å². The molecule has 0 saturated carbocycles. The van der Waals surface area contributed by atoms with Crippen molar-refractivity contribution in [2.75, 3.05) is 48.4 Å². The van der Waals surface area contributed by atoms with Crippen LogP contribution in [0.3, 0.4) is 0 Å². The number of sulfone groups is 1. The van der Waals surface area contributed by atoms with E-state index in [4.69, 9.17) is 0 Å². The lowest BCUT2D eigenvalue weighted by atomic mass is 10.2. The van der Waals surface area contributed by atoms with Crippen LogP contribution in [0.4, 0.5) is 21.0 Å². The first-order chi connectivity index (χ1) is 12.3. The summed E-state index contributed by atoms with van der Waals surface area (Å²) >= 11 is 0. The molecule has 0 radical (unpaired) electrons. The van der Waals surface area contributed by atoms with Gasteiger partial charge >= 0.3 is 12.1 Å². The molecule has 26 heavy (non-hydrogen) atoms. The number of benzene rings is 1. The third kappa shape index (κ3) is 3.77. The van der Waals surface area contributed by atoms with Crippen LogP contribution in [0.1, 0.15) is 13.3 Å². The molecule has 1 aromatic carbocycles. The van der Waals surface area contributed by atoms with Gasteiger partial charge in [-0.2, -0.15) is 0 Å². The van der Waals surface area contributed by atoms with Crippen LogP contribution in [-0.4, -0.2) is 74.5 Å². The normalized spacial score (nSPS) is 21.9. The monoisotopic (exact) mass is 380 g/mol. The van der Waals surface area contributed by atoms with E-state index in [2.05, 4.69) is 5.32 Å². The van der Waals surface area contributed by atoms with Crippen molar-refractivity contribution in [2.24, 2.45) is 0 Å². The predicted molar refractivity (Wildman–Crippen MR) is 100 cm³/mol. The van der Waals surface area contributed by atoms with Crippen molar-refractivity contribution < 1.29 is 18.0 Å². The van der Waals surface area contributed by atoms with E-state index in [0.29, 0.717) is 31.7 Å². The number of amides is 4. The summed E-state index contributed by atoms with van der Waals surface area (Å²) in [6.45, 7) is 3.53. The fourth-order valence-corrected chi connectivity index (χ4v) is 5.15. The molecule has 1 aromatic rings. The first kappa shape index (κ1) is 18.5. The van der Waals surface area contributed by atoms with Gasteiger partial charge in [0.15, 0.2) is 9.84 Å². The Kier molecular flexibility index (Phi) is 5.08. The molecule has 3 rings (SSSR count). The number of hydrogen-bond donors (Lipinski definition) is 1. The van der Waals surface area contributed by atoms with E-state index >= 15 is 0 Å². The molecule has 1 atom stereocenters. The quantitative estimate of drug-likeness (QED) is 0.859. The second-order valence-corrected chi connectivity index (χ2v) is 8.91. The summed E-state index contributed by atoms with van der Waals surface area (Å²) in [6.07, 6.45) is 0.470. The second kappa shape index (κ2) is 7.14. The second-order valence-electron chi connectivity index (χ2n) is 6.68. The summed E-state index contributed by atoms with van der Waals surface area (Å²) in [4.78, 5) is 29.6. The van der Waals surface area contributed by atoms with Crippen LogP contribution in [0.5, 0.6) is 0 Å². The fourth-order valence-electron chi connectivity index (χ4n) is 3.42. The summed E-state index contributed by atoms with van der Waals surface area (Å²) in [6, 6.07) is 6.44. The molecule has 2 heterocycles. The van der Waals surface area contributed by atoms with Crippen LogP contribution in [0.25, 0.3) is 0 Å². The van der Waals surface area contributed by atoms with Crippen molar-refractivity contribution >= 4 is 33.3 Å². The number of urea groups is 2. The highest BCUT2D eigenvalue weighted by Gasteiger charge is 2.34. The zero-order valence-corrected chi connectivity index (χ0v) is 15.8. The number of nitrogens with zero attached hydrogens (tertiary/aromatic N) is 3. The first-order valence-corrected chi connectivity index (χ1v) is 10.5. The van der Waals surface area contributed by atoms with E-state index in [1.54, 1.807) is 39.9 Å². The summed E-state index contributed by atoms with van der Waals surface area (Å²) in [7, 11) is -1.30. The smallest absolute Gasteiger partial charge is 0.324 e. The highest BCUT2D eigenvalue weighted by Crippen LogP contribution is 2.24. The number of likely N-dealkylation sites (N-methyl/N-ethyl adjacent to an activating group) is 1. The van der Waals surface area contributed by atoms with E-state index in [1.165, 1.54) is 0 Å². The lowest BCUT2D eigenvalue weighted by molar-refractivity contribution is 0.197. The van der Waals surface area contributed by atoms with Gasteiger partial charge in [0.05, 0.1) is 11.5 Å². The first-order valence-electron chi connectivity index (χ1n) is 8.71. The van der Waals surface area contributed by atoms with Gasteiger partial charge in [0.2, 0.25) is 0 Å². The van der Waals surface area contributed by atoms with E-state index in [9.17, 15) is 18.0 Å². The third-order valence-corrected chi connectivity index (χ3v) is 6.63. The lowest BCUT2D eigenvalue weighted by Gasteiger charge is -2.27. The Morgan fingerprint density at radius 1 is 1.35 bits per heavy atom. The van der Waals surface area contributed by atoms with Crippen LogP contribution in [0, 0.1) is 0 Å². The van der Waals surface area contributed by atoms with Crippen LogP contribution >= 0.6 is 0 Å². The highest BCUT2D eigenvalue weighted by atomic mass is 32.2. The minimum atomic E-state index is -3.06. The number of anilines is 2. The molecule has 4 amide bonds. The van der Waals surface area contributed by atoms with Crippen molar-refractivity contribution in [2.45, 2.75) is 19.4 Å². The van der Waals surface area contributed by atoms with Crippen molar-refractivity contribution in [1.29, 1.82) is 0 Å². The molecule has 0 spiro atoms. The Labute approximate surface area is 153 Å². The number of rotatable bonds is 4. The fraction of sp³-hybridized carbons (Fsp3) is 0.529. The third-order valence-electron chi connectivity index (χ3n) is 4.88. The number of carbonyl (C=O) groups is 2. The van der Waals surface area contributed by atoms with Gasteiger partial charge < -0.3 is 15.1 Å². The minimum absolute atomic E-state index is 0.0168. The molecule has 0 aromatic heterocycles. The Morgan fingerprint density at radius 2 is 2.12 bits per heavy atom. The maximum Gasteiger partial charge on any atom is 0.324 e. The molecule has 2 fully saturated rings. The highest BCUT2D eigenvalue weighted by molar-refractivity contribution is 7.91. The van der Waals surface area contributed by atoms with Crippen molar-refractivity contribution in [1.82, 2.24) is 9.80 Å². The number of nitrogens with one attached hydrogen (secondary N) is 1. The van der Waals surface area contributed by atoms with Gasteiger partial charge in [0.1, 0.15) is 0 Å². The Balaban J connectivity index is 1.71. The summed E-state index contributed by atoms with van der Waals surface area (Å²) in [5.74, 6) is 0.143. The van der Waals surface area contributed by atoms with E-state index in [0.717, 1.165) is 5.69 Å². The molecule has 9 heteroatoms. The van der Waals surface area contributed by atoms with Crippen LogP contribution in [0.2, 0.25) is 0 Å². The minimum Gasteiger partial charge on any atom is -0.326 e. The van der Waals surface area contributed by atoms with Gasteiger partial charge in [-0.15, -0.1) is 0 Å². The lowest BCUT2D eigenvalue weighted by Crippen LogP contribution is -2.43. The average Bonchev–Trinajstić information content (AvgIpc) is 3.11. The van der Waals surface area contributed by atoms with Crippen molar-refractivity contribution in [3.8, 4) is 0 Å². The standard InChI is InChI=1S/C17H24N4O4S/c1-3-20(15-7-10-26(24,25)12-15)16(22)18-13-5-4-6-14(11-13)21-9-8-19(2)17(21)23/h4-6,11,15H,3,7-10,12H2,1-2H3,(H,18,22). The van der Waals surface area contributed by atoms with Crippen LogP contribution in [-0.2, 0) is 9.84 Å². The molecule has 142 valence electrons. The van der Waals surface area contributed by atoms with Gasteiger partial charge in [-0.25, -0.2) is 18.0 Å². The molecule has 1 N–H and O–H groups in total. The molecular weight excluding hydrogens is 356 g/mol. The molecule has 0 aliphatic carbocycles. The molecule has 1 unspecified atom stereocenters. The maximum absolute atomic E-state index is 12.6. The SMILES string of the molecule is CCN(C(=O)Nc1cccc(N2CCN(C)C2=O)c1)C1CCS(=O)(=O)C1. The molecule has 2 aliphatic heterocycles. The predicted octanol–water partition coefficient (Wildman–Crippen LogP) is 1.60. The van der Waals surface area contributed by atoms with Gasteiger partial charge in [-0.1, -0.05) is 6.07 Å². The maximum atomic E-state index is 12.6. The molecule has 2 saturated heterocycles. The summed E-state index contributed by atoms with van der Waals surface area (Å²) in [5.41, 5.74) is 1.30. The summed E-state index contributed by atoms with van der Waals surface area (Å²) in [5, 5.41) is 2.83. The zero-order chi connectivity index (χ0) is 18.9. The average molecular weight is 380 g/mol. The van der Waals surface area contributed by atoms with Gasteiger partial charge in [-0.3, -0.25) is 4.90 Å². The van der Waals surface area contributed by atoms with Crippen LogP contribution in [0.15, 0.2) is 24.3 Å². The Hall–Kier alpha value is -2.29. The van der Waals surface area contributed by atoms with E-state index in [1.807, 2.05) is 13.0 Å². The topological polar surface area (TPSA) is 90.0 Å². The molecular formula is C17H24N4O4S. The van der Waals surface area contributed by atoms with E-state index in [-0.39, 0.29) is 29.6 Å². The molecule has 0 bridgehead atoms.